The molecule has 0 heterocycles. The maximum atomic E-state index is 13.4. The predicted molar refractivity (Wildman–Crippen MR) is 207 cm³/mol. The summed E-state index contributed by atoms with van der Waals surface area (Å²) in [4.78, 5) is 50.6. The maximum Gasteiger partial charge on any atom is 0.220 e. The molecule has 1 atom stereocenters. The smallest absolute Gasteiger partial charge is 0.220 e. The first-order valence-corrected chi connectivity index (χ1v) is 16.3. The highest BCUT2D eigenvalue weighted by molar-refractivity contribution is 6.33. The molecule has 0 saturated heterocycles. The molecule has 0 radical (unpaired) electrons. The molecule has 0 aliphatic heterocycles. The summed E-state index contributed by atoms with van der Waals surface area (Å²) in [5, 5.41) is 50.6. The molecule has 2 aliphatic carbocycles. The van der Waals surface area contributed by atoms with Crippen molar-refractivity contribution in [1.82, 2.24) is 10.6 Å². The molecule has 1 unspecified atom stereocenters. The van der Waals surface area contributed by atoms with Crippen molar-refractivity contribution in [1.29, 1.82) is 0 Å². The lowest BCUT2D eigenvalue weighted by molar-refractivity contribution is -0.117. The second kappa shape index (κ2) is 21.5. The number of hydrogen-bond donors (Lipinski definition) is 8. The molecule has 53 heavy (non-hydrogen) atoms. The fraction of sp³-hybridized carbons (Fsp3) is 0.263. The van der Waals surface area contributed by atoms with Crippen molar-refractivity contribution in [2.45, 2.75) is 5.92 Å². The number of fused-ring (bicyclic) bond motifs is 2. The minimum atomic E-state index is -0.559. The van der Waals surface area contributed by atoms with E-state index in [2.05, 4.69) is 27.8 Å². The fourth-order valence-electron chi connectivity index (χ4n) is 5.70. The van der Waals surface area contributed by atoms with Gasteiger partial charge in [-0.05, 0) is 35.9 Å². The van der Waals surface area contributed by atoms with Gasteiger partial charge >= 0.3 is 0 Å². The van der Waals surface area contributed by atoms with Crippen LogP contribution in [0.25, 0.3) is 0 Å². The van der Waals surface area contributed by atoms with Gasteiger partial charge in [0.25, 0.3) is 0 Å². The number of aliphatic hydroxyl groups excluding tert-OH is 2. The van der Waals surface area contributed by atoms with Crippen molar-refractivity contribution in [3.05, 3.63) is 119 Å². The van der Waals surface area contributed by atoms with E-state index in [0.29, 0.717) is 56.2 Å². The zero-order chi connectivity index (χ0) is 36.9. The fourth-order valence-corrected chi connectivity index (χ4v) is 5.70. The Morgan fingerprint density at radius 3 is 1.58 bits per heavy atom. The van der Waals surface area contributed by atoms with E-state index in [1.807, 2.05) is 30.3 Å². The number of phenolic OH excluding ortho intramolecular Hbond substituents is 2. The van der Waals surface area contributed by atoms with E-state index in [0.717, 1.165) is 5.56 Å². The second-order valence-corrected chi connectivity index (χ2v) is 11.4. The van der Waals surface area contributed by atoms with Crippen LogP contribution in [0.2, 0.25) is 0 Å². The Morgan fingerprint density at radius 1 is 0.660 bits per heavy atom. The SMILES string of the molecule is C=CC(C1=CC(=O)C(OC)=CC1=O)c1ccccc1.Cl.Cl.O=C1c2c(O)ccc(O)c2C(=O)c2c(NCCNCCO)ccc(NCCNCCO)c21. The Bertz CT molecular complexity index is 1770. The Morgan fingerprint density at radius 2 is 1.15 bits per heavy atom. The third-order valence-corrected chi connectivity index (χ3v) is 8.11. The number of anilines is 2. The maximum absolute atomic E-state index is 13.4. The lowest BCUT2D eigenvalue weighted by atomic mass is 9.81. The molecule has 8 N–H and O–H groups in total. The number of phenols is 2. The van der Waals surface area contributed by atoms with Crippen molar-refractivity contribution >= 4 is 59.3 Å². The molecule has 284 valence electrons. The predicted octanol–water partition coefficient (Wildman–Crippen LogP) is 3.27. The number of aromatic hydroxyl groups is 2. The molecular weight excluding hydrogens is 727 g/mol. The van der Waals surface area contributed by atoms with Gasteiger partial charge in [0.15, 0.2) is 11.5 Å². The number of allylic oxidation sites excluding steroid dienone is 4. The van der Waals surface area contributed by atoms with Gasteiger partial charge in [-0.1, -0.05) is 36.4 Å². The second-order valence-electron chi connectivity index (χ2n) is 11.4. The monoisotopic (exact) mass is 770 g/mol. The highest BCUT2D eigenvalue weighted by atomic mass is 35.5. The molecule has 0 saturated carbocycles. The van der Waals surface area contributed by atoms with Gasteiger partial charge in [-0.3, -0.25) is 19.2 Å². The third-order valence-electron chi connectivity index (χ3n) is 8.11. The minimum Gasteiger partial charge on any atom is -0.507 e. The van der Waals surface area contributed by atoms with Gasteiger partial charge < -0.3 is 46.4 Å². The van der Waals surface area contributed by atoms with Crippen LogP contribution in [0.1, 0.15) is 43.3 Å². The largest absolute Gasteiger partial charge is 0.507 e. The van der Waals surface area contributed by atoms with Gasteiger partial charge in [0, 0.05) is 68.2 Å². The van der Waals surface area contributed by atoms with E-state index in [1.165, 1.54) is 31.4 Å². The first kappa shape index (κ1) is 44.1. The molecule has 0 spiro atoms. The number of hydrogen-bond acceptors (Lipinski definition) is 13. The molecular formula is C38H44Cl2N4O9. The average molecular weight is 772 g/mol. The lowest BCUT2D eigenvalue weighted by Crippen LogP contribution is -2.28. The molecule has 0 fully saturated rings. The molecule has 13 nitrogen and oxygen atoms in total. The van der Waals surface area contributed by atoms with Crippen LogP contribution >= 0.6 is 24.8 Å². The highest BCUT2D eigenvalue weighted by Gasteiger charge is 2.38. The molecule has 0 amide bonds. The summed E-state index contributed by atoms with van der Waals surface area (Å²) in [6.45, 7) is 6.56. The van der Waals surface area contributed by atoms with Crippen LogP contribution in [-0.2, 0) is 14.3 Å². The summed E-state index contributed by atoms with van der Waals surface area (Å²) in [6, 6.07) is 15.2. The van der Waals surface area contributed by atoms with E-state index in [4.69, 9.17) is 14.9 Å². The van der Waals surface area contributed by atoms with Gasteiger partial charge in [-0.2, -0.15) is 0 Å². The number of benzene rings is 3. The molecule has 3 aromatic carbocycles. The first-order chi connectivity index (χ1) is 24.7. The number of ketones is 4. The number of rotatable bonds is 16. The number of aliphatic hydroxyl groups is 2. The van der Waals surface area contributed by atoms with E-state index in [9.17, 15) is 29.4 Å². The summed E-state index contributed by atoms with van der Waals surface area (Å²) in [7, 11) is 1.37. The Labute approximate surface area is 319 Å². The van der Waals surface area contributed by atoms with Gasteiger partial charge in [0.05, 0.1) is 42.6 Å². The molecule has 3 aromatic rings. The molecule has 15 heteroatoms. The van der Waals surface area contributed by atoms with Crippen LogP contribution in [0, 0.1) is 0 Å². The Kier molecular flexibility index (Phi) is 17.9. The first-order valence-electron chi connectivity index (χ1n) is 16.3. The average Bonchev–Trinajstić information content (AvgIpc) is 3.13. The van der Waals surface area contributed by atoms with Crippen molar-refractivity contribution in [2.24, 2.45) is 0 Å². The number of methoxy groups -OCH3 is 1. The third kappa shape index (κ3) is 10.5. The summed E-state index contributed by atoms with van der Waals surface area (Å²) >= 11 is 0. The topological polar surface area (TPSA) is 207 Å². The van der Waals surface area contributed by atoms with Gasteiger partial charge in [-0.15, -0.1) is 31.4 Å². The Balaban J connectivity index is 0.000000397. The van der Waals surface area contributed by atoms with Gasteiger partial charge in [0.2, 0.25) is 17.3 Å². The molecule has 2 aliphatic rings. The number of carbonyl (C=O) groups excluding carboxylic acids is 4. The summed E-state index contributed by atoms with van der Waals surface area (Å²) in [6.07, 6.45) is 4.23. The lowest BCUT2D eigenvalue weighted by Gasteiger charge is -2.25. The van der Waals surface area contributed by atoms with E-state index >= 15 is 0 Å². The normalized spacial score (nSPS) is 13.4. The van der Waals surface area contributed by atoms with Gasteiger partial charge in [-0.25, -0.2) is 0 Å². The minimum absolute atomic E-state index is 0. The number of halogens is 2. The molecule has 5 rings (SSSR count). The van der Waals surface area contributed by atoms with Gasteiger partial charge in [0.1, 0.15) is 11.5 Å². The Hall–Kier alpha value is -5.02. The van der Waals surface area contributed by atoms with E-state index in [1.54, 1.807) is 18.2 Å². The standard InChI is InChI=1S/C22H28N4O6.C16H14O3.2ClH/c27-11-9-23-5-7-25-13-1-2-14(26-8-6-24-10-12-28)18-17(13)21(31)19-15(29)3-4-16(30)20(19)22(18)32;1-3-12(11-7-5-4-6-8-11)13-9-15(18)16(19-2)10-14(13)17;;/h1-4,23-30H,5-12H2;3-10,12H,1H2,2H3;2*1H. The van der Waals surface area contributed by atoms with E-state index in [-0.39, 0.29) is 95.0 Å². The van der Waals surface area contributed by atoms with Crippen molar-refractivity contribution < 1.29 is 44.3 Å². The van der Waals surface area contributed by atoms with E-state index < -0.39 is 11.6 Å². The highest BCUT2D eigenvalue weighted by Crippen LogP contribution is 2.42. The van der Waals surface area contributed by atoms with Crippen LogP contribution in [0.15, 0.2) is 90.7 Å². The van der Waals surface area contributed by atoms with Crippen LogP contribution in [0.5, 0.6) is 11.5 Å². The number of carbonyl (C=O) groups is 4. The van der Waals surface area contributed by atoms with Crippen molar-refractivity contribution in [2.75, 3.05) is 70.2 Å². The van der Waals surface area contributed by atoms with Crippen LogP contribution in [0.4, 0.5) is 11.4 Å². The molecule has 0 aromatic heterocycles. The molecule has 0 bridgehead atoms. The zero-order valence-corrected chi connectivity index (χ0v) is 30.6. The summed E-state index contributed by atoms with van der Waals surface area (Å²) < 4.78 is 4.86. The van der Waals surface area contributed by atoms with Crippen LogP contribution in [-0.4, -0.2) is 103 Å². The van der Waals surface area contributed by atoms with Crippen molar-refractivity contribution in [3.8, 4) is 11.5 Å². The number of nitrogens with one attached hydrogen (secondary N) is 4. The summed E-state index contributed by atoms with van der Waals surface area (Å²) in [5.74, 6) is -2.58. The summed E-state index contributed by atoms with van der Waals surface area (Å²) in [5.41, 5.74) is 2.03. The van der Waals surface area contributed by atoms with Crippen molar-refractivity contribution in [3.63, 3.8) is 0 Å². The quantitative estimate of drug-likeness (QED) is 0.0357. The zero-order valence-electron chi connectivity index (χ0n) is 29.0. The van der Waals surface area contributed by atoms with Crippen LogP contribution in [0.3, 0.4) is 0 Å². The number of ether oxygens (including phenoxy) is 1. The van der Waals surface area contributed by atoms with Crippen LogP contribution < -0.4 is 21.3 Å².